The van der Waals surface area contributed by atoms with Crippen molar-refractivity contribution in [3.8, 4) is 0 Å². The summed E-state index contributed by atoms with van der Waals surface area (Å²) >= 11 is 0. The molecule has 1 N–H and O–H groups in total. The summed E-state index contributed by atoms with van der Waals surface area (Å²) in [7, 11) is -3.77. The zero-order chi connectivity index (χ0) is 15.2. The lowest BCUT2D eigenvalue weighted by atomic mass is 10.1. The zero-order valence-corrected chi connectivity index (χ0v) is 12.6. The zero-order valence-electron chi connectivity index (χ0n) is 11.8. The van der Waals surface area contributed by atoms with E-state index in [2.05, 4.69) is 0 Å². The Hall–Kier alpha value is -1.02. The molecule has 116 valence electrons. The molecule has 2 aliphatic rings. The molecular weight excluding hydrogens is 297 g/mol. The third kappa shape index (κ3) is 2.59. The van der Waals surface area contributed by atoms with Crippen LogP contribution in [0.15, 0.2) is 17.0 Å². The number of hydrogen-bond acceptors (Lipinski definition) is 4. The van der Waals surface area contributed by atoms with Gasteiger partial charge in [-0.3, -0.25) is 0 Å². The van der Waals surface area contributed by atoms with Gasteiger partial charge in [0.25, 0.3) is 0 Å². The van der Waals surface area contributed by atoms with E-state index >= 15 is 0 Å². The fraction of sp³-hybridized carbons (Fsp3) is 0.571. The van der Waals surface area contributed by atoms with E-state index in [1.165, 1.54) is 17.3 Å². The smallest absolute Gasteiger partial charge is 0.243 e. The number of benzene rings is 1. The fourth-order valence-corrected chi connectivity index (χ4v) is 4.77. The van der Waals surface area contributed by atoms with Crippen LogP contribution >= 0.6 is 0 Å². The molecule has 7 heteroatoms. The standard InChI is InChI=1S/C14H18FNO4S/c1-9-13(15)4-10(8-17)5-14(9)21(18,19)16-6-11-2-3-12(7-16)20-11/h4-5,11-12,17H,2-3,6-8H2,1H3. The van der Waals surface area contributed by atoms with Crippen molar-refractivity contribution in [1.29, 1.82) is 0 Å². The normalized spacial score (nSPS) is 26.2. The van der Waals surface area contributed by atoms with Gasteiger partial charge in [-0.2, -0.15) is 4.31 Å². The van der Waals surface area contributed by atoms with Gasteiger partial charge in [0.2, 0.25) is 10.0 Å². The van der Waals surface area contributed by atoms with Gasteiger partial charge in [-0.15, -0.1) is 0 Å². The van der Waals surface area contributed by atoms with Crippen LogP contribution in [0.2, 0.25) is 0 Å². The molecule has 0 amide bonds. The Morgan fingerprint density at radius 3 is 2.52 bits per heavy atom. The van der Waals surface area contributed by atoms with Crippen LogP contribution in [-0.2, 0) is 21.4 Å². The van der Waals surface area contributed by atoms with E-state index < -0.39 is 22.4 Å². The third-order valence-electron chi connectivity index (χ3n) is 4.17. The van der Waals surface area contributed by atoms with E-state index in [1.54, 1.807) is 0 Å². The number of aliphatic hydroxyl groups excluding tert-OH is 1. The lowest BCUT2D eigenvalue weighted by Gasteiger charge is -2.31. The number of fused-ring (bicyclic) bond motifs is 2. The summed E-state index contributed by atoms with van der Waals surface area (Å²) in [6.07, 6.45) is 1.59. The summed E-state index contributed by atoms with van der Waals surface area (Å²) in [5, 5.41) is 9.15. The second kappa shape index (κ2) is 5.31. The van der Waals surface area contributed by atoms with Gasteiger partial charge < -0.3 is 9.84 Å². The predicted molar refractivity (Wildman–Crippen MR) is 73.7 cm³/mol. The Kier molecular flexibility index (Phi) is 3.77. The molecule has 3 rings (SSSR count). The van der Waals surface area contributed by atoms with Crippen molar-refractivity contribution in [2.75, 3.05) is 13.1 Å². The Bertz CT molecular complexity index is 649. The third-order valence-corrected chi connectivity index (χ3v) is 6.12. The Balaban J connectivity index is 2.00. The van der Waals surface area contributed by atoms with Crippen molar-refractivity contribution in [1.82, 2.24) is 4.31 Å². The van der Waals surface area contributed by atoms with Crippen LogP contribution < -0.4 is 0 Å². The monoisotopic (exact) mass is 315 g/mol. The second-order valence-electron chi connectivity index (χ2n) is 5.64. The van der Waals surface area contributed by atoms with Crippen molar-refractivity contribution in [3.05, 3.63) is 29.1 Å². The molecule has 2 unspecified atom stereocenters. The molecule has 2 bridgehead atoms. The van der Waals surface area contributed by atoms with Gasteiger partial charge >= 0.3 is 0 Å². The number of morpholine rings is 1. The van der Waals surface area contributed by atoms with Gasteiger partial charge in [0.1, 0.15) is 5.82 Å². The van der Waals surface area contributed by atoms with Gasteiger partial charge in [-0.25, -0.2) is 12.8 Å². The van der Waals surface area contributed by atoms with Gasteiger partial charge in [-0.1, -0.05) is 0 Å². The van der Waals surface area contributed by atoms with E-state index in [9.17, 15) is 12.8 Å². The first-order valence-corrected chi connectivity index (χ1v) is 8.41. The molecule has 0 aliphatic carbocycles. The molecule has 0 saturated carbocycles. The fourth-order valence-electron chi connectivity index (χ4n) is 2.98. The predicted octanol–water partition coefficient (Wildman–Crippen LogP) is 1.18. The molecule has 2 fully saturated rings. The van der Waals surface area contributed by atoms with Crippen molar-refractivity contribution in [2.24, 2.45) is 0 Å². The SMILES string of the molecule is Cc1c(F)cc(CO)cc1S(=O)(=O)N1CC2CCC(C1)O2. The lowest BCUT2D eigenvalue weighted by molar-refractivity contribution is -0.0114. The molecule has 5 nitrogen and oxygen atoms in total. The minimum Gasteiger partial charge on any atom is -0.392 e. The first-order chi connectivity index (χ1) is 9.91. The van der Waals surface area contributed by atoms with Crippen molar-refractivity contribution in [2.45, 2.75) is 43.5 Å². The molecule has 0 radical (unpaired) electrons. The lowest BCUT2D eigenvalue weighted by Crippen LogP contribution is -2.45. The molecule has 2 aliphatic heterocycles. The highest BCUT2D eigenvalue weighted by Gasteiger charge is 2.40. The highest BCUT2D eigenvalue weighted by Crippen LogP contribution is 2.31. The van der Waals surface area contributed by atoms with Crippen LogP contribution in [0.5, 0.6) is 0 Å². The Morgan fingerprint density at radius 1 is 1.33 bits per heavy atom. The molecule has 2 saturated heterocycles. The molecule has 21 heavy (non-hydrogen) atoms. The highest BCUT2D eigenvalue weighted by atomic mass is 32.2. The minimum absolute atomic E-state index is 0.0622. The summed E-state index contributed by atoms with van der Waals surface area (Å²) in [5.41, 5.74) is 0.346. The molecular formula is C14H18FNO4S. The maximum atomic E-state index is 13.9. The number of aliphatic hydroxyl groups is 1. The number of sulfonamides is 1. The van der Waals surface area contributed by atoms with Crippen molar-refractivity contribution < 1.29 is 22.7 Å². The van der Waals surface area contributed by atoms with Crippen LogP contribution in [0.25, 0.3) is 0 Å². The summed E-state index contributed by atoms with van der Waals surface area (Å²) in [6.45, 7) is 1.67. The number of hydrogen-bond donors (Lipinski definition) is 1. The maximum Gasteiger partial charge on any atom is 0.243 e. The number of halogens is 1. The number of rotatable bonds is 3. The molecule has 0 aromatic heterocycles. The maximum absolute atomic E-state index is 13.9. The second-order valence-corrected chi connectivity index (χ2v) is 7.54. The van der Waals surface area contributed by atoms with Crippen LogP contribution in [-0.4, -0.2) is 43.1 Å². The van der Waals surface area contributed by atoms with Crippen LogP contribution in [0.4, 0.5) is 4.39 Å². The van der Waals surface area contributed by atoms with E-state index in [4.69, 9.17) is 9.84 Å². The first-order valence-electron chi connectivity index (χ1n) is 6.97. The van der Waals surface area contributed by atoms with Crippen molar-refractivity contribution >= 4 is 10.0 Å². The largest absolute Gasteiger partial charge is 0.392 e. The summed E-state index contributed by atoms with van der Waals surface area (Å²) < 4.78 is 46.4. The van der Waals surface area contributed by atoms with Crippen LogP contribution in [0.1, 0.15) is 24.0 Å². The van der Waals surface area contributed by atoms with Crippen LogP contribution in [0, 0.1) is 12.7 Å². The van der Waals surface area contributed by atoms with Crippen molar-refractivity contribution in [3.63, 3.8) is 0 Å². The quantitative estimate of drug-likeness (QED) is 0.909. The molecule has 0 spiro atoms. The molecule has 1 aromatic carbocycles. The van der Waals surface area contributed by atoms with Crippen LogP contribution in [0.3, 0.4) is 0 Å². The van der Waals surface area contributed by atoms with Gasteiger partial charge in [0.05, 0.1) is 23.7 Å². The number of ether oxygens (including phenoxy) is 1. The van der Waals surface area contributed by atoms with Gasteiger partial charge in [0, 0.05) is 18.7 Å². The average molecular weight is 315 g/mol. The molecule has 1 aromatic rings. The number of nitrogens with zero attached hydrogens (tertiary/aromatic N) is 1. The molecule has 2 heterocycles. The minimum atomic E-state index is -3.77. The summed E-state index contributed by atoms with van der Waals surface area (Å²) in [6, 6.07) is 2.52. The average Bonchev–Trinajstić information content (AvgIpc) is 2.79. The molecule has 2 atom stereocenters. The summed E-state index contributed by atoms with van der Waals surface area (Å²) in [5.74, 6) is -0.614. The van der Waals surface area contributed by atoms with E-state index in [0.29, 0.717) is 13.1 Å². The topological polar surface area (TPSA) is 66.8 Å². The summed E-state index contributed by atoms with van der Waals surface area (Å²) in [4.78, 5) is -0.0622. The van der Waals surface area contributed by atoms with E-state index in [1.807, 2.05) is 0 Å². The van der Waals surface area contributed by atoms with E-state index in [0.717, 1.165) is 18.9 Å². The first kappa shape index (κ1) is 14.9. The highest BCUT2D eigenvalue weighted by molar-refractivity contribution is 7.89. The van der Waals surface area contributed by atoms with Gasteiger partial charge in [-0.05, 0) is 37.5 Å². The Morgan fingerprint density at radius 2 is 1.95 bits per heavy atom. The Labute approximate surface area is 123 Å². The van der Waals surface area contributed by atoms with E-state index in [-0.39, 0.29) is 28.2 Å². The van der Waals surface area contributed by atoms with Gasteiger partial charge in [0.15, 0.2) is 0 Å².